The highest BCUT2D eigenvalue weighted by atomic mass is 19.1. The molecule has 128 valence electrons. The molecule has 4 nitrogen and oxygen atoms in total. The van der Waals surface area contributed by atoms with Gasteiger partial charge in [-0.3, -0.25) is 4.79 Å². The van der Waals surface area contributed by atoms with Gasteiger partial charge in [-0.25, -0.2) is 4.39 Å². The van der Waals surface area contributed by atoms with Crippen LogP contribution in [0.15, 0.2) is 24.3 Å². The Kier molecular flexibility index (Phi) is 7.33. The quantitative estimate of drug-likeness (QED) is 0.748. The maximum absolute atomic E-state index is 12.9. The van der Waals surface area contributed by atoms with Gasteiger partial charge in [0, 0.05) is 32.4 Å². The summed E-state index contributed by atoms with van der Waals surface area (Å²) in [7, 11) is 0. The van der Waals surface area contributed by atoms with Crippen molar-refractivity contribution in [3.8, 4) is 5.75 Å². The van der Waals surface area contributed by atoms with Gasteiger partial charge in [-0.05, 0) is 43.7 Å². The zero-order chi connectivity index (χ0) is 16.5. The molecule has 0 aromatic heterocycles. The number of benzene rings is 1. The van der Waals surface area contributed by atoms with E-state index in [0.717, 1.165) is 58.2 Å². The van der Waals surface area contributed by atoms with Gasteiger partial charge in [0.15, 0.2) is 0 Å². The topological polar surface area (TPSA) is 55.6 Å². The Bertz CT molecular complexity index is 470. The molecule has 1 aromatic carbocycles. The molecule has 0 atom stereocenters. The minimum Gasteiger partial charge on any atom is -0.490 e. The number of halogens is 1. The fourth-order valence-corrected chi connectivity index (χ4v) is 2.86. The largest absolute Gasteiger partial charge is 0.490 e. The number of unbranched alkanes of at least 4 members (excludes halogenated alkanes) is 3. The third-order valence-corrected chi connectivity index (χ3v) is 4.26. The molecule has 23 heavy (non-hydrogen) atoms. The molecule has 1 aromatic rings. The lowest BCUT2D eigenvalue weighted by atomic mass is 10.1. The SMILES string of the molecule is NCCCCCCC(=O)N1CCC(Oc2ccc(F)cc2)CC1. The lowest BCUT2D eigenvalue weighted by Crippen LogP contribution is -2.41. The van der Waals surface area contributed by atoms with E-state index in [-0.39, 0.29) is 17.8 Å². The number of carbonyl (C=O) groups excluding carboxylic acids is 1. The van der Waals surface area contributed by atoms with E-state index < -0.39 is 0 Å². The van der Waals surface area contributed by atoms with Crippen molar-refractivity contribution in [2.75, 3.05) is 19.6 Å². The zero-order valence-electron chi connectivity index (χ0n) is 13.7. The molecule has 0 radical (unpaired) electrons. The summed E-state index contributed by atoms with van der Waals surface area (Å²) in [5.41, 5.74) is 5.46. The summed E-state index contributed by atoms with van der Waals surface area (Å²) in [5.74, 6) is 0.679. The maximum Gasteiger partial charge on any atom is 0.222 e. The van der Waals surface area contributed by atoms with Gasteiger partial charge in [0.1, 0.15) is 17.7 Å². The lowest BCUT2D eigenvalue weighted by Gasteiger charge is -2.32. The van der Waals surface area contributed by atoms with Gasteiger partial charge in [0.25, 0.3) is 0 Å². The van der Waals surface area contributed by atoms with Crippen molar-refractivity contribution in [1.82, 2.24) is 4.90 Å². The van der Waals surface area contributed by atoms with Crippen LogP contribution in [0.3, 0.4) is 0 Å². The number of ether oxygens (including phenoxy) is 1. The third kappa shape index (κ3) is 6.18. The highest BCUT2D eigenvalue weighted by molar-refractivity contribution is 5.76. The zero-order valence-corrected chi connectivity index (χ0v) is 13.7. The number of piperidine rings is 1. The first-order valence-electron chi connectivity index (χ1n) is 8.59. The van der Waals surface area contributed by atoms with E-state index in [1.807, 2.05) is 4.90 Å². The van der Waals surface area contributed by atoms with Gasteiger partial charge in [-0.1, -0.05) is 12.8 Å². The molecule has 1 aliphatic rings. The van der Waals surface area contributed by atoms with Crippen LogP contribution in [0, 0.1) is 5.82 Å². The molecule has 0 spiro atoms. The number of amides is 1. The fourth-order valence-electron chi connectivity index (χ4n) is 2.86. The molecule has 0 bridgehead atoms. The van der Waals surface area contributed by atoms with E-state index in [9.17, 15) is 9.18 Å². The predicted molar refractivity (Wildman–Crippen MR) is 88.8 cm³/mol. The number of hydrogen-bond donors (Lipinski definition) is 1. The van der Waals surface area contributed by atoms with Crippen LogP contribution in [0.4, 0.5) is 4.39 Å². The van der Waals surface area contributed by atoms with Crippen LogP contribution in [0.2, 0.25) is 0 Å². The molecule has 1 saturated heterocycles. The molecule has 0 unspecified atom stereocenters. The molecule has 1 amide bonds. The summed E-state index contributed by atoms with van der Waals surface area (Å²) in [4.78, 5) is 14.1. The van der Waals surface area contributed by atoms with Crippen LogP contribution >= 0.6 is 0 Å². The summed E-state index contributed by atoms with van der Waals surface area (Å²) >= 11 is 0. The second-order valence-corrected chi connectivity index (χ2v) is 6.10. The van der Waals surface area contributed by atoms with E-state index in [1.54, 1.807) is 12.1 Å². The average Bonchev–Trinajstić information content (AvgIpc) is 2.57. The first-order valence-corrected chi connectivity index (χ1v) is 8.59. The Hall–Kier alpha value is -1.62. The first kappa shape index (κ1) is 17.7. The fraction of sp³-hybridized carbons (Fsp3) is 0.611. The van der Waals surface area contributed by atoms with E-state index in [0.29, 0.717) is 12.2 Å². The van der Waals surface area contributed by atoms with Gasteiger partial charge < -0.3 is 15.4 Å². The molecular weight excluding hydrogens is 295 g/mol. The van der Waals surface area contributed by atoms with E-state index in [1.165, 1.54) is 12.1 Å². The second-order valence-electron chi connectivity index (χ2n) is 6.10. The van der Waals surface area contributed by atoms with E-state index >= 15 is 0 Å². The number of nitrogens with two attached hydrogens (primary N) is 1. The van der Waals surface area contributed by atoms with Crippen molar-refractivity contribution in [3.63, 3.8) is 0 Å². The van der Waals surface area contributed by atoms with Crippen LogP contribution < -0.4 is 10.5 Å². The Morgan fingerprint density at radius 2 is 1.78 bits per heavy atom. The maximum atomic E-state index is 12.9. The molecule has 5 heteroatoms. The molecular formula is C18H27FN2O2. The summed E-state index contributed by atoms with van der Waals surface area (Å²) in [5, 5.41) is 0. The van der Waals surface area contributed by atoms with E-state index in [2.05, 4.69) is 0 Å². The van der Waals surface area contributed by atoms with Gasteiger partial charge in [0.05, 0.1) is 0 Å². The first-order chi connectivity index (χ1) is 11.2. The lowest BCUT2D eigenvalue weighted by molar-refractivity contribution is -0.133. The van der Waals surface area contributed by atoms with Crippen LogP contribution in [-0.4, -0.2) is 36.5 Å². The van der Waals surface area contributed by atoms with Crippen LogP contribution in [0.25, 0.3) is 0 Å². The van der Waals surface area contributed by atoms with Gasteiger partial charge >= 0.3 is 0 Å². The minimum absolute atomic E-state index is 0.106. The monoisotopic (exact) mass is 322 g/mol. The minimum atomic E-state index is -0.260. The number of nitrogens with zero attached hydrogens (tertiary/aromatic N) is 1. The van der Waals surface area contributed by atoms with Crippen molar-refractivity contribution < 1.29 is 13.9 Å². The molecule has 0 aliphatic carbocycles. The highest BCUT2D eigenvalue weighted by Gasteiger charge is 2.23. The van der Waals surface area contributed by atoms with Crippen LogP contribution in [-0.2, 0) is 4.79 Å². The van der Waals surface area contributed by atoms with Crippen molar-refractivity contribution >= 4 is 5.91 Å². The van der Waals surface area contributed by atoms with Crippen molar-refractivity contribution in [2.45, 2.75) is 51.0 Å². The van der Waals surface area contributed by atoms with E-state index in [4.69, 9.17) is 10.5 Å². The molecule has 0 saturated carbocycles. The second kappa shape index (κ2) is 9.50. The normalized spacial score (nSPS) is 15.7. The summed E-state index contributed by atoms with van der Waals surface area (Å²) in [6.45, 7) is 2.22. The number of carbonyl (C=O) groups is 1. The Labute approximate surface area is 137 Å². The molecule has 1 heterocycles. The van der Waals surface area contributed by atoms with Gasteiger partial charge in [0.2, 0.25) is 5.91 Å². The van der Waals surface area contributed by atoms with Gasteiger partial charge in [-0.2, -0.15) is 0 Å². The Balaban J connectivity index is 1.65. The van der Waals surface area contributed by atoms with Crippen LogP contribution in [0.5, 0.6) is 5.75 Å². The number of likely N-dealkylation sites (tertiary alicyclic amines) is 1. The van der Waals surface area contributed by atoms with Gasteiger partial charge in [-0.15, -0.1) is 0 Å². The van der Waals surface area contributed by atoms with Crippen LogP contribution in [0.1, 0.15) is 44.9 Å². The molecule has 1 fully saturated rings. The van der Waals surface area contributed by atoms with Crippen molar-refractivity contribution in [3.05, 3.63) is 30.1 Å². The smallest absolute Gasteiger partial charge is 0.222 e. The summed E-state index contributed by atoms with van der Waals surface area (Å²) < 4.78 is 18.7. The molecule has 2 N–H and O–H groups in total. The molecule has 1 aliphatic heterocycles. The standard InChI is InChI=1S/C18H27FN2O2/c19-15-6-8-16(9-7-15)23-17-10-13-21(14-11-17)18(22)5-3-1-2-4-12-20/h6-9,17H,1-5,10-14,20H2. The Morgan fingerprint density at radius 1 is 1.13 bits per heavy atom. The average molecular weight is 322 g/mol. The number of hydrogen-bond acceptors (Lipinski definition) is 3. The summed E-state index contributed by atoms with van der Waals surface area (Å²) in [6.07, 6.45) is 6.57. The third-order valence-electron chi connectivity index (χ3n) is 4.26. The predicted octanol–water partition coefficient (Wildman–Crippen LogP) is 3.10. The summed E-state index contributed by atoms with van der Waals surface area (Å²) in [6, 6.07) is 6.10. The van der Waals surface area contributed by atoms with Crippen molar-refractivity contribution in [1.29, 1.82) is 0 Å². The number of rotatable bonds is 8. The Morgan fingerprint density at radius 3 is 2.43 bits per heavy atom. The highest BCUT2D eigenvalue weighted by Crippen LogP contribution is 2.20. The molecule has 2 rings (SSSR count). The van der Waals surface area contributed by atoms with Crippen molar-refractivity contribution in [2.24, 2.45) is 5.73 Å².